The van der Waals surface area contributed by atoms with Crippen LogP contribution in [0, 0.1) is 0 Å². The normalized spacial score (nSPS) is 12.1. The van der Waals surface area contributed by atoms with Gasteiger partial charge in [0.2, 0.25) is 0 Å². The highest BCUT2D eigenvalue weighted by Gasteiger charge is 2.17. The number of hydrogen-bond donors (Lipinski definition) is 0. The lowest BCUT2D eigenvalue weighted by atomic mass is 10.0. The van der Waals surface area contributed by atoms with Gasteiger partial charge in [0.05, 0.1) is 29.6 Å². The fraction of sp³-hybridized carbons (Fsp3) is 0.318. The SMILES string of the molecule is CCCCSc1nc2ccccc2c(=O)n1-c1ccc(C(C)C(=O)OC)cc1. The molecule has 146 valence electrons. The fourth-order valence-corrected chi connectivity index (χ4v) is 4.07. The van der Waals surface area contributed by atoms with E-state index < -0.39 is 0 Å². The molecular formula is C22H24N2O3S. The van der Waals surface area contributed by atoms with Crippen molar-refractivity contribution < 1.29 is 9.53 Å². The van der Waals surface area contributed by atoms with Crippen molar-refractivity contribution in [1.82, 2.24) is 9.55 Å². The summed E-state index contributed by atoms with van der Waals surface area (Å²) in [6, 6.07) is 14.8. The quantitative estimate of drug-likeness (QED) is 0.254. The van der Waals surface area contributed by atoms with E-state index in [0.29, 0.717) is 16.1 Å². The number of carbonyl (C=O) groups is 1. The minimum atomic E-state index is -0.357. The molecule has 1 heterocycles. The number of thioether (sulfide) groups is 1. The zero-order chi connectivity index (χ0) is 20.1. The van der Waals surface area contributed by atoms with Gasteiger partial charge in [0.25, 0.3) is 5.56 Å². The van der Waals surface area contributed by atoms with Crippen molar-refractivity contribution in [3.8, 4) is 5.69 Å². The van der Waals surface area contributed by atoms with E-state index in [1.165, 1.54) is 7.11 Å². The van der Waals surface area contributed by atoms with Gasteiger partial charge < -0.3 is 4.74 Å². The van der Waals surface area contributed by atoms with Crippen LogP contribution in [0.5, 0.6) is 0 Å². The van der Waals surface area contributed by atoms with Gasteiger partial charge in [-0.25, -0.2) is 4.98 Å². The van der Waals surface area contributed by atoms with Crippen LogP contribution in [0.4, 0.5) is 0 Å². The molecule has 0 radical (unpaired) electrons. The van der Waals surface area contributed by atoms with E-state index in [4.69, 9.17) is 9.72 Å². The van der Waals surface area contributed by atoms with Crippen LogP contribution in [-0.2, 0) is 9.53 Å². The Labute approximate surface area is 168 Å². The summed E-state index contributed by atoms with van der Waals surface area (Å²) >= 11 is 1.59. The van der Waals surface area contributed by atoms with Crippen LogP contribution in [-0.4, -0.2) is 28.4 Å². The van der Waals surface area contributed by atoms with Crippen LogP contribution in [0.2, 0.25) is 0 Å². The topological polar surface area (TPSA) is 61.2 Å². The zero-order valence-electron chi connectivity index (χ0n) is 16.3. The van der Waals surface area contributed by atoms with E-state index >= 15 is 0 Å². The summed E-state index contributed by atoms with van der Waals surface area (Å²) in [5, 5.41) is 1.28. The average molecular weight is 397 g/mol. The van der Waals surface area contributed by atoms with Crippen molar-refractivity contribution in [2.75, 3.05) is 12.9 Å². The molecular weight excluding hydrogens is 372 g/mol. The van der Waals surface area contributed by atoms with Crippen LogP contribution in [0.25, 0.3) is 16.6 Å². The van der Waals surface area contributed by atoms with Crippen molar-refractivity contribution in [3.05, 3.63) is 64.4 Å². The minimum Gasteiger partial charge on any atom is -0.469 e. The summed E-state index contributed by atoms with van der Waals surface area (Å²) in [5.74, 6) is 0.260. The Morgan fingerprint density at radius 1 is 1.18 bits per heavy atom. The molecule has 0 aliphatic carbocycles. The molecule has 28 heavy (non-hydrogen) atoms. The molecule has 0 bridgehead atoms. The van der Waals surface area contributed by atoms with Crippen molar-refractivity contribution in [2.45, 2.75) is 37.8 Å². The Morgan fingerprint density at radius 2 is 1.89 bits per heavy atom. The molecule has 3 aromatic rings. The number of carbonyl (C=O) groups excluding carboxylic acids is 1. The molecule has 1 unspecified atom stereocenters. The van der Waals surface area contributed by atoms with Crippen LogP contribution >= 0.6 is 11.8 Å². The van der Waals surface area contributed by atoms with Gasteiger partial charge in [-0.15, -0.1) is 0 Å². The van der Waals surface area contributed by atoms with E-state index in [0.717, 1.165) is 29.8 Å². The molecule has 3 rings (SSSR count). The van der Waals surface area contributed by atoms with Crippen molar-refractivity contribution in [3.63, 3.8) is 0 Å². The molecule has 0 N–H and O–H groups in total. The zero-order valence-corrected chi connectivity index (χ0v) is 17.2. The number of unbranched alkanes of at least 4 members (excludes halogenated alkanes) is 1. The molecule has 1 atom stereocenters. The molecule has 0 aliphatic heterocycles. The summed E-state index contributed by atoms with van der Waals surface area (Å²) < 4.78 is 6.48. The third kappa shape index (κ3) is 4.12. The number of aromatic nitrogens is 2. The number of nitrogens with zero attached hydrogens (tertiary/aromatic N) is 2. The first-order valence-electron chi connectivity index (χ1n) is 9.39. The Balaban J connectivity index is 2.07. The maximum absolute atomic E-state index is 13.2. The number of methoxy groups -OCH3 is 1. The second kappa shape index (κ2) is 9.06. The van der Waals surface area contributed by atoms with E-state index in [-0.39, 0.29) is 17.4 Å². The van der Waals surface area contributed by atoms with Gasteiger partial charge >= 0.3 is 5.97 Å². The monoisotopic (exact) mass is 396 g/mol. The number of ether oxygens (including phenoxy) is 1. The number of hydrogen-bond acceptors (Lipinski definition) is 5. The first-order valence-corrected chi connectivity index (χ1v) is 10.4. The van der Waals surface area contributed by atoms with E-state index in [9.17, 15) is 9.59 Å². The summed E-state index contributed by atoms with van der Waals surface area (Å²) in [5.41, 5.74) is 2.21. The van der Waals surface area contributed by atoms with Crippen LogP contribution in [0.15, 0.2) is 58.5 Å². The molecule has 0 fully saturated rings. The largest absolute Gasteiger partial charge is 0.469 e. The standard InChI is InChI=1S/C22H24N2O3S/c1-4-5-14-28-22-23-19-9-7-6-8-18(19)20(25)24(22)17-12-10-16(11-13-17)15(2)21(26)27-3/h6-13,15H,4-5,14H2,1-3H3. The molecule has 2 aromatic carbocycles. The molecule has 5 nitrogen and oxygen atoms in total. The van der Waals surface area contributed by atoms with E-state index in [1.54, 1.807) is 29.3 Å². The Morgan fingerprint density at radius 3 is 2.57 bits per heavy atom. The number of para-hydroxylation sites is 1. The van der Waals surface area contributed by atoms with Crippen LogP contribution in [0.1, 0.15) is 38.2 Å². The lowest BCUT2D eigenvalue weighted by Crippen LogP contribution is -2.22. The molecule has 0 amide bonds. The maximum atomic E-state index is 13.2. The minimum absolute atomic E-state index is 0.0848. The first kappa shape index (κ1) is 20.1. The summed E-state index contributed by atoms with van der Waals surface area (Å²) in [6.07, 6.45) is 2.15. The number of benzene rings is 2. The summed E-state index contributed by atoms with van der Waals surface area (Å²) in [6.45, 7) is 3.94. The van der Waals surface area contributed by atoms with Crippen LogP contribution < -0.4 is 5.56 Å². The third-order valence-electron chi connectivity index (χ3n) is 4.68. The van der Waals surface area contributed by atoms with E-state index in [1.807, 2.05) is 42.5 Å². The molecule has 1 aromatic heterocycles. The van der Waals surface area contributed by atoms with Gasteiger partial charge in [-0.2, -0.15) is 0 Å². The highest BCUT2D eigenvalue weighted by Crippen LogP contribution is 2.24. The Hall–Kier alpha value is -2.60. The Kier molecular flexibility index (Phi) is 6.52. The van der Waals surface area contributed by atoms with Gasteiger partial charge in [-0.3, -0.25) is 14.2 Å². The van der Waals surface area contributed by atoms with E-state index in [2.05, 4.69) is 6.92 Å². The van der Waals surface area contributed by atoms with Crippen molar-refractivity contribution >= 4 is 28.6 Å². The highest BCUT2D eigenvalue weighted by atomic mass is 32.2. The maximum Gasteiger partial charge on any atom is 0.312 e. The first-order chi connectivity index (χ1) is 13.6. The van der Waals surface area contributed by atoms with Gasteiger partial charge in [0.15, 0.2) is 5.16 Å². The number of esters is 1. The highest BCUT2D eigenvalue weighted by molar-refractivity contribution is 7.99. The lowest BCUT2D eigenvalue weighted by molar-refractivity contribution is -0.141. The summed E-state index contributed by atoms with van der Waals surface area (Å²) in [4.78, 5) is 29.7. The molecule has 0 spiro atoms. The number of fused-ring (bicyclic) bond motifs is 1. The smallest absolute Gasteiger partial charge is 0.312 e. The second-order valence-corrected chi connectivity index (χ2v) is 7.65. The molecule has 0 aliphatic rings. The van der Waals surface area contributed by atoms with Crippen molar-refractivity contribution in [1.29, 1.82) is 0 Å². The molecule has 0 saturated heterocycles. The predicted octanol–water partition coefficient (Wildman–Crippen LogP) is 4.55. The average Bonchev–Trinajstić information content (AvgIpc) is 2.73. The summed E-state index contributed by atoms with van der Waals surface area (Å²) in [7, 11) is 1.38. The molecule has 6 heteroatoms. The fourth-order valence-electron chi connectivity index (χ4n) is 2.97. The third-order valence-corrected chi connectivity index (χ3v) is 5.70. The Bertz CT molecular complexity index is 1030. The van der Waals surface area contributed by atoms with Gasteiger partial charge in [-0.1, -0.05) is 49.4 Å². The van der Waals surface area contributed by atoms with Gasteiger partial charge in [-0.05, 0) is 43.2 Å². The predicted molar refractivity (Wildman–Crippen MR) is 113 cm³/mol. The number of rotatable bonds is 7. The van der Waals surface area contributed by atoms with Gasteiger partial charge in [0, 0.05) is 5.75 Å². The lowest BCUT2D eigenvalue weighted by Gasteiger charge is -2.15. The van der Waals surface area contributed by atoms with Crippen molar-refractivity contribution in [2.24, 2.45) is 0 Å². The molecule has 0 saturated carbocycles. The van der Waals surface area contributed by atoms with Crippen LogP contribution in [0.3, 0.4) is 0 Å². The second-order valence-electron chi connectivity index (χ2n) is 6.59. The van der Waals surface area contributed by atoms with Gasteiger partial charge in [0.1, 0.15) is 0 Å².